The molecular weight excluding hydrogens is 270 g/mol. The Morgan fingerprint density at radius 2 is 1.67 bits per heavy atom. The van der Waals surface area contributed by atoms with Crippen molar-refractivity contribution in [1.29, 1.82) is 5.26 Å². The van der Waals surface area contributed by atoms with Gasteiger partial charge in [-0.15, -0.1) is 5.10 Å². The molecule has 1 aromatic carbocycles. The zero-order chi connectivity index (χ0) is 15.4. The number of hydrogen-bond donors (Lipinski definition) is 0. The van der Waals surface area contributed by atoms with E-state index in [-0.39, 0.29) is 5.88 Å². The molecule has 0 bridgehead atoms. The Labute approximate surface area is 122 Å². The molecule has 6 heteroatoms. The lowest BCUT2D eigenvalue weighted by Crippen LogP contribution is -2.02. The van der Waals surface area contributed by atoms with Crippen LogP contribution in [0.1, 0.15) is 16.8 Å². The van der Waals surface area contributed by atoms with Gasteiger partial charge >= 0.3 is 0 Å². The number of nitriles is 1. The normalized spacial score (nSPS) is 9.86. The molecule has 1 aromatic heterocycles. The van der Waals surface area contributed by atoms with Gasteiger partial charge in [-0.3, -0.25) is 0 Å². The molecule has 0 amide bonds. The molecule has 0 radical (unpaired) electrons. The van der Waals surface area contributed by atoms with Crippen molar-refractivity contribution in [3.63, 3.8) is 0 Å². The van der Waals surface area contributed by atoms with Gasteiger partial charge in [0, 0.05) is 0 Å². The Bertz CT molecular complexity index is 686. The summed E-state index contributed by atoms with van der Waals surface area (Å²) in [5.41, 5.74) is 1.76. The van der Waals surface area contributed by atoms with Crippen LogP contribution < -0.4 is 14.2 Å². The molecule has 1 heterocycles. The molecule has 0 unspecified atom stereocenters. The lowest BCUT2D eigenvalue weighted by molar-refractivity contribution is 0.339. The van der Waals surface area contributed by atoms with Gasteiger partial charge in [-0.25, -0.2) is 0 Å². The molecule has 0 atom stereocenters. The number of benzene rings is 1. The molecule has 21 heavy (non-hydrogen) atoms. The van der Waals surface area contributed by atoms with Crippen LogP contribution in [0.15, 0.2) is 18.2 Å². The summed E-state index contributed by atoms with van der Waals surface area (Å²) in [5.74, 6) is 1.46. The standard InChI is InChI=1S/C15H15N3O3/c1-9-10(2)17-18-15(11(9)8-16)21-14-12(19-3)6-5-7-13(14)20-4/h5-7H,1-4H3. The van der Waals surface area contributed by atoms with Crippen molar-refractivity contribution in [3.05, 3.63) is 35.0 Å². The fourth-order valence-corrected chi connectivity index (χ4v) is 1.80. The molecule has 2 aromatic rings. The van der Waals surface area contributed by atoms with Gasteiger partial charge in [-0.2, -0.15) is 10.4 Å². The van der Waals surface area contributed by atoms with E-state index in [0.717, 1.165) is 5.56 Å². The second-order valence-corrected chi connectivity index (χ2v) is 4.30. The summed E-state index contributed by atoms with van der Waals surface area (Å²) in [5, 5.41) is 17.2. The molecule has 0 aliphatic heterocycles. The van der Waals surface area contributed by atoms with E-state index in [1.165, 1.54) is 14.2 Å². The van der Waals surface area contributed by atoms with Gasteiger partial charge in [0.1, 0.15) is 11.6 Å². The average Bonchev–Trinajstić information content (AvgIpc) is 2.51. The predicted molar refractivity (Wildman–Crippen MR) is 75.8 cm³/mol. The van der Waals surface area contributed by atoms with Crippen molar-refractivity contribution < 1.29 is 14.2 Å². The SMILES string of the molecule is COc1cccc(OC)c1Oc1nnc(C)c(C)c1C#N. The van der Waals surface area contributed by atoms with Crippen molar-refractivity contribution in [2.45, 2.75) is 13.8 Å². The number of aryl methyl sites for hydroxylation is 1. The highest BCUT2D eigenvalue weighted by Gasteiger charge is 2.18. The molecule has 0 N–H and O–H groups in total. The summed E-state index contributed by atoms with van der Waals surface area (Å²) in [6, 6.07) is 7.34. The number of hydrogen-bond acceptors (Lipinski definition) is 6. The second-order valence-electron chi connectivity index (χ2n) is 4.30. The zero-order valence-electron chi connectivity index (χ0n) is 12.3. The second kappa shape index (κ2) is 6.09. The molecule has 0 spiro atoms. The van der Waals surface area contributed by atoms with Crippen molar-refractivity contribution in [2.75, 3.05) is 14.2 Å². The Morgan fingerprint density at radius 3 is 2.19 bits per heavy atom. The summed E-state index contributed by atoms with van der Waals surface area (Å²) < 4.78 is 16.2. The van der Waals surface area contributed by atoms with Crippen LogP contribution in [0.2, 0.25) is 0 Å². The first-order chi connectivity index (χ1) is 10.1. The molecule has 6 nitrogen and oxygen atoms in total. The topological polar surface area (TPSA) is 77.3 Å². The maximum atomic E-state index is 9.29. The molecular formula is C15H15N3O3. The average molecular weight is 285 g/mol. The molecule has 2 rings (SSSR count). The van der Waals surface area contributed by atoms with E-state index in [4.69, 9.17) is 14.2 Å². The van der Waals surface area contributed by atoms with Crippen LogP contribution in [-0.4, -0.2) is 24.4 Å². The van der Waals surface area contributed by atoms with E-state index < -0.39 is 0 Å². The smallest absolute Gasteiger partial charge is 0.257 e. The fraction of sp³-hybridized carbons (Fsp3) is 0.267. The fourth-order valence-electron chi connectivity index (χ4n) is 1.80. The van der Waals surface area contributed by atoms with Gasteiger partial charge in [0.2, 0.25) is 5.75 Å². The highest BCUT2D eigenvalue weighted by molar-refractivity contribution is 5.54. The minimum absolute atomic E-state index is 0.128. The predicted octanol–water partition coefficient (Wildman–Crippen LogP) is 2.77. The lowest BCUT2D eigenvalue weighted by Gasteiger charge is -2.14. The van der Waals surface area contributed by atoms with E-state index >= 15 is 0 Å². The minimum Gasteiger partial charge on any atom is -0.493 e. The minimum atomic E-state index is 0.128. The first-order valence-electron chi connectivity index (χ1n) is 6.25. The maximum absolute atomic E-state index is 9.29. The van der Waals surface area contributed by atoms with E-state index in [9.17, 15) is 5.26 Å². The Hall–Kier alpha value is -2.81. The van der Waals surface area contributed by atoms with Crippen LogP contribution in [0.25, 0.3) is 0 Å². The number of nitrogens with zero attached hydrogens (tertiary/aromatic N) is 3. The van der Waals surface area contributed by atoms with Gasteiger partial charge in [0.25, 0.3) is 5.88 Å². The first kappa shape index (κ1) is 14.6. The summed E-state index contributed by atoms with van der Waals surface area (Å²) in [7, 11) is 3.05. The Morgan fingerprint density at radius 1 is 1.05 bits per heavy atom. The monoisotopic (exact) mass is 285 g/mol. The largest absolute Gasteiger partial charge is 0.493 e. The van der Waals surface area contributed by atoms with Crippen molar-refractivity contribution in [3.8, 4) is 29.2 Å². The summed E-state index contributed by atoms with van der Waals surface area (Å²) in [6.07, 6.45) is 0. The summed E-state index contributed by atoms with van der Waals surface area (Å²) >= 11 is 0. The highest BCUT2D eigenvalue weighted by Crippen LogP contribution is 2.40. The third-order valence-corrected chi connectivity index (χ3v) is 3.12. The van der Waals surface area contributed by atoms with Crippen LogP contribution in [0.3, 0.4) is 0 Å². The Kier molecular flexibility index (Phi) is 4.24. The molecule has 0 aliphatic rings. The van der Waals surface area contributed by atoms with Gasteiger partial charge in [0.15, 0.2) is 11.5 Å². The van der Waals surface area contributed by atoms with Crippen molar-refractivity contribution in [2.24, 2.45) is 0 Å². The van der Waals surface area contributed by atoms with Gasteiger partial charge in [-0.1, -0.05) is 6.07 Å². The molecule has 0 aliphatic carbocycles. The molecule has 108 valence electrons. The number of methoxy groups -OCH3 is 2. The summed E-state index contributed by atoms with van der Waals surface area (Å²) in [4.78, 5) is 0. The number of rotatable bonds is 4. The van der Waals surface area contributed by atoms with Gasteiger partial charge in [0.05, 0.1) is 19.9 Å². The van der Waals surface area contributed by atoms with Crippen LogP contribution in [0, 0.1) is 25.2 Å². The third-order valence-electron chi connectivity index (χ3n) is 3.12. The molecule has 0 saturated carbocycles. The number of ether oxygens (including phenoxy) is 3. The van der Waals surface area contributed by atoms with Crippen LogP contribution >= 0.6 is 0 Å². The maximum Gasteiger partial charge on any atom is 0.257 e. The van der Waals surface area contributed by atoms with E-state index in [2.05, 4.69) is 16.3 Å². The molecule has 0 fully saturated rings. The van der Waals surface area contributed by atoms with Gasteiger partial charge in [-0.05, 0) is 31.5 Å². The number of aromatic nitrogens is 2. The van der Waals surface area contributed by atoms with Crippen molar-refractivity contribution >= 4 is 0 Å². The zero-order valence-corrected chi connectivity index (χ0v) is 12.3. The van der Waals surface area contributed by atoms with Crippen LogP contribution in [-0.2, 0) is 0 Å². The van der Waals surface area contributed by atoms with Gasteiger partial charge < -0.3 is 14.2 Å². The van der Waals surface area contributed by atoms with E-state index in [0.29, 0.717) is 28.5 Å². The highest BCUT2D eigenvalue weighted by atomic mass is 16.5. The van der Waals surface area contributed by atoms with Crippen molar-refractivity contribution in [1.82, 2.24) is 10.2 Å². The summed E-state index contributed by atoms with van der Waals surface area (Å²) in [6.45, 7) is 3.59. The Balaban J connectivity index is 2.53. The number of para-hydroxylation sites is 1. The van der Waals surface area contributed by atoms with Crippen LogP contribution in [0.4, 0.5) is 0 Å². The third kappa shape index (κ3) is 2.72. The lowest BCUT2D eigenvalue weighted by atomic mass is 10.1. The molecule has 0 saturated heterocycles. The van der Waals surface area contributed by atoms with E-state index in [1.54, 1.807) is 32.0 Å². The first-order valence-corrected chi connectivity index (χ1v) is 6.25. The van der Waals surface area contributed by atoms with E-state index in [1.807, 2.05) is 0 Å². The quantitative estimate of drug-likeness (QED) is 0.859. The van der Waals surface area contributed by atoms with Crippen LogP contribution in [0.5, 0.6) is 23.1 Å².